The number of hydrogen-bond acceptors (Lipinski definition) is 7. The normalized spacial score (nSPS) is 53.5. The van der Waals surface area contributed by atoms with Crippen LogP contribution < -0.4 is 17.2 Å². The number of quaternary nitrogens is 3. The highest BCUT2D eigenvalue weighted by Gasteiger charge is 2.50. The minimum Gasteiger partial charge on any atom is -0.387 e. The molecule has 1 aliphatic heterocycles. The third kappa shape index (κ3) is 3.26. The van der Waals surface area contributed by atoms with Gasteiger partial charge in [0.25, 0.3) is 0 Å². The molecule has 22 heavy (non-hydrogen) atoms. The zero-order valence-corrected chi connectivity index (χ0v) is 12.4. The Morgan fingerprint density at radius 3 is 2.09 bits per heavy atom. The van der Waals surface area contributed by atoms with E-state index >= 15 is 0 Å². The summed E-state index contributed by atoms with van der Waals surface area (Å²) in [6.45, 7) is 0.176. The van der Waals surface area contributed by atoms with Crippen molar-refractivity contribution in [1.82, 2.24) is 0 Å². The Hall–Kier alpha value is -0.400. The molecule has 130 valence electrons. The summed E-state index contributed by atoms with van der Waals surface area (Å²) in [5, 5.41) is 49.6. The maximum atomic E-state index is 10.1. The summed E-state index contributed by atoms with van der Waals surface area (Å²) < 4.78 is 11.0. The van der Waals surface area contributed by atoms with E-state index in [2.05, 4.69) is 17.2 Å². The Labute approximate surface area is 127 Å². The summed E-state index contributed by atoms with van der Waals surface area (Å²) in [7, 11) is 0. The minimum absolute atomic E-state index is 0.176. The van der Waals surface area contributed by atoms with Crippen molar-refractivity contribution in [3.05, 3.63) is 0 Å². The van der Waals surface area contributed by atoms with E-state index in [-0.39, 0.29) is 18.6 Å². The van der Waals surface area contributed by atoms with Crippen LogP contribution in [-0.4, -0.2) is 93.2 Å². The van der Waals surface area contributed by atoms with Gasteiger partial charge in [-0.15, -0.1) is 0 Å². The molecule has 2 aliphatic rings. The lowest BCUT2D eigenvalue weighted by Gasteiger charge is -2.43. The quantitative estimate of drug-likeness (QED) is 0.251. The maximum Gasteiger partial charge on any atom is 0.187 e. The average Bonchev–Trinajstić information content (AvgIpc) is 2.49. The molecule has 1 heterocycles. The maximum absolute atomic E-state index is 10.1. The molecule has 10 heteroatoms. The fourth-order valence-corrected chi connectivity index (χ4v) is 3.03. The van der Waals surface area contributed by atoms with Crippen molar-refractivity contribution in [2.24, 2.45) is 0 Å². The number of hydrogen-bond donors (Lipinski definition) is 8. The molecule has 1 saturated carbocycles. The first-order valence-corrected chi connectivity index (χ1v) is 7.44. The molecule has 2 rings (SSSR count). The standard InChI is InChI=1S/C12H25N3O7/c13-2-5-7(17)8(18)10(20)12(21-5)22-11-4(15)1-3(14)6(16)9(11)19/h3-12,16-20H,1-2,13-15H2/p+3/t3-,4+,5-,6+,7-,8+,9-,10-,11-,12-/m1/s1. The molecule has 0 radical (unpaired) electrons. The van der Waals surface area contributed by atoms with Gasteiger partial charge < -0.3 is 52.2 Å². The monoisotopic (exact) mass is 326 g/mol. The number of aliphatic hydroxyl groups is 5. The van der Waals surface area contributed by atoms with E-state index in [1.54, 1.807) is 0 Å². The molecule has 0 aromatic rings. The highest BCUT2D eigenvalue weighted by molar-refractivity contribution is 4.95. The first-order valence-electron chi connectivity index (χ1n) is 7.44. The van der Waals surface area contributed by atoms with Crippen molar-refractivity contribution >= 4 is 0 Å². The van der Waals surface area contributed by atoms with Gasteiger partial charge in [-0.2, -0.15) is 0 Å². The molecule has 0 spiro atoms. The highest BCUT2D eigenvalue weighted by atomic mass is 16.7. The fraction of sp³-hybridized carbons (Fsp3) is 1.00. The number of aliphatic hydroxyl groups excluding tert-OH is 5. The average molecular weight is 326 g/mol. The lowest BCUT2D eigenvalue weighted by molar-refractivity contribution is -0.513. The fourth-order valence-electron chi connectivity index (χ4n) is 3.03. The number of rotatable bonds is 3. The van der Waals surface area contributed by atoms with Gasteiger partial charge in [-0.25, -0.2) is 0 Å². The summed E-state index contributed by atoms with van der Waals surface area (Å²) in [5.74, 6) is 0. The third-order valence-corrected chi connectivity index (χ3v) is 4.48. The molecular weight excluding hydrogens is 298 g/mol. The first-order chi connectivity index (χ1) is 10.3. The molecule has 10 atom stereocenters. The molecular formula is C12H28N3O7+3. The second kappa shape index (κ2) is 7.01. The van der Waals surface area contributed by atoms with Gasteiger partial charge in [0, 0.05) is 0 Å². The van der Waals surface area contributed by atoms with Crippen LogP contribution in [0, 0.1) is 0 Å². The summed E-state index contributed by atoms with van der Waals surface area (Å²) in [4.78, 5) is 0. The SMILES string of the molecule is [NH3+]C[C@H]1O[C@H](O[C@H]2[C@H](O)[C@@H](O)[C@H]([NH3+])C[C@@H]2[NH3+])[C@H](O)[C@@H](O)[C@@H]1O. The third-order valence-electron chi connectivity index (χ3n) is 4.48. The van der Waals surface area contributed by atoms with E-state index in [1.807, 2.05) is 0 Å². The molecule has 0 aromatic carbocycles. The summed E-state index contributed by atoms with van der Waals surface area (Å²) >= 11 is 0. The molecule has 14 N–H and O–H groups in total. The molecule has 1 saturated heterocycles. The van der Waals surface area contributed by atoms with E-state index in [0.717, 1.165) is 0 Å². The van der Waals surface area contributed by atoms with Crippen molar-refractivity contribution in [2.45, 2.75) is 67.5 Å². The summed E-state index contributed by atoms with van der Waals surface area (Å²) in [5.41, 5.74) is 11.2. The van der Waals surface area contributed by atoms with Gasteiger partial charge in [0.1, 0.15) is 61.4 Å². The predicted octanol–water partition coefficient (Wildman–Crippen LogP) is -7.23. The van der Waals surface area contributed by atoms with Crippen LogP contribution in [0.4, 0.5) is 0 Å². The molecule has 0 bridgehead atoms. The van der Waals surface area contributed by atoms with Crippen LogP contribution in [0.1, 0.15) is 6.42 Å². The van der Waals surface area contributed by atoms with E-state index < -0.39 is 49.0 Å². The molecule has 0 amide bonds. The second-order valence-electron chi connectivity index (χ2n) is 6.14. The van der Waals surface area contributed by atoms with Crippen LogP contribution in [0.25, 0.3) is 0 Å². The van der Waals surface area contributed by atoms with Crippen molar-refractivity contribution in [1.29, 1.82) is 0 Å². The number of ether oxygens (including phenoxy) is 2. The highest BCUT2D eigenvalue weighted by Crippen LogP contribution is 2.26. The Morgan fingerprint density at radius 2 is 1.50 bits per heavy atom. The summed E-state index contributed by atoms with van der Waals surface area (Å²) in [6, 6.07) is -0.728. The largest absolute Gasteiger partial charge is 0.387 e. The van der Waals surface area contributed by atoms with Gasteiger partial charge in [-0.1, -0.05) is 0 Å². The van der Waals surface area contributed by atoms with E-state index in [1.165, 1.54) is 0 Å². The van der Waals surface area contributed by atoms with E-state index in [4.69, 9.17) is 9.47 Å². The Kier molecular flexibility index (Phi) is 5.72. The molecule has 0 unspecified atom stereocenters. The predicted molar refractivity (Wildman–Crippen MR) is 69.3 cm³/mol. The van der Waals surface area contributed by atoms with Crippen LogP contribution in [0.3, 0.4) is 0 Å². The van der Waals surface area contributed by atoms with Crippen molar-refractivity contribution < 1.29 is 52.2 Å². The van der Waals surface area contributed by atoms with Crippen molar-refractivity contribution in [3.63, 3.8) is 0 Å². The van der Waals surface area contributed by atoms with Crippen LogP contribution in [0.2, 0.25) is 0 Å². The van der Waals surface area contributed by atoms with Gasteiger partial charge >= 0.3 is 0 Å². The molecule has 10 nitrogen and oxygen atoms in total. The zero-order chi connectivity index (χ0) is 16.6. The van der Waals surface area contributed by atoms with E-state index in [0.29, 0.717) is 6.42 Å². The Balaban J connectivity index is 2.08. The molecule has 1 aliphatic carbocycles. The molecule has 0 aromatic heterocycles. The Morgan fingerprint density at radius 1 is 0.864 bits per heavy atom. The zero-order valence-electron chi connectivity index (χ0n) is 12.4. The van der Waals surface area contributed by atoms with Gasteiger partial charge in [-0.3, -0.25) is 0 Å². The lowest BCUT2D eigenvalue weighted by Crippen LogP contribution is -2.82. The van der Waals surface area contributed by atoms with Crippen molar-refractivity contribution in [2.75, 3.05) is 6.54 Å². The van der Waals surface area contributed by atoms with E-state index in [9.17, 15) is 25.5 Å². The van der Waals surface area contributed by atoms with Crippen LogP contribution >= 0.6 is 0 Å². The Bertz CT molecular complexity index is 375. The lowest BCUT2D eigenvalue weighted by atomic mass is 9.84. The minimum atomic E-state index is -1.48. The molecule has 2 fully saturated rings. The summed E-state index contributed by atoms with van der Waals surface area (Å²) in [6.07, 6.45) is -8.96. The van der Waals surface area contributed by atoms with Crippen LogP contribution in [0.15, 0.2) is 0 Å². The van der Waals surface area contributed by atoms with Crippen LogP contribution in [-0.2, 0) is 9.47 Å². The van der Waals surface area contributed by atoms with Gasteiger partial charge in [0.15, 0.2) is 6.29 Å². The topological polar surface area (TPSA) is 203 Å². The van der Waals surface area contributed by atoms with Gasteiger partial charge in [-0.05, 0) is 0 Å². The van der Waals surface area contributed by atoms with Gasteiger partial charge in [0.2, 0.25) is 0 Å². The van der Waals surface area contributed by atoms with Crippen molar-refractivity contribution in [3.8, 4) is 0 Å². The van der Waals surface area contributed by atoms with Gasteiger partial charge in [0.05, 0.1) is 6.42 Å². The first kappa shape index (κ1) is 17.9. The smallest absolute Gasteiger partial charge is 0.187 e. The second-order valence-corrected chi connectivity index (χ2v) is 6.14. The van der Waals surface area contributed by atoms with Crippen LogP contribution in [0.5, 0.6) is 0 Å².